The first-order valence-corrected chi connectivity index (χ1v) is 5.61. The average molecular weight is 255 g/mol. The van der Waals surface area contributed by atoms with Crippen molar-refractivity contribution in [1.82, 2.24) is 10.1 Å². The molecule has 1 saturated carbocycles. The van der Waals surface area contributed by atoms with Crippen molar-refractivity contribution in [3.8, 4) is 0 Å². The van der Waals surface area contributed by atoms with E-state index in [1.165, 1.54) is 0 Å². The van der Waals surface area contributed by atoms with Gasteiger partial charge in [-0.2, -0.15) is 4.98 Å². The van der Waals surface area contributed by atoms with Gasteiger partial charge in [0, 0.05) is 17.3 Å². The number of rotatable bonds is 5. The summed E-state index contributed by atoms with van der Waals surface area (Å²) in [6.45, 7) is 3.68. The molecule has 1 aliphatic carbocycles. The Morgan fingerprint density at radius 3 is 2.89 bits per heavy atom. The third-order valence-corrected chi connectivity index (χ3v) is 2.67. The maximum Gasteiger partial charge on any atom is 0.316 e. The first kappa shape index (κ1) is 12.5. The predicted molar refractivity (Wildman–Crippen MR) is 57.1 cm³/mol. The molecule has 2 rings (SSSR count). The van der Waals surface area contributed by atoms with Crippen LogP contribution in [-0.2, 0) is 16.1 Å². The van der Waals surface area contributed by atoms with E-state index in [1.807, 2.05) is 13.8 Å². The Bertz CT molecular complexity index is 470. The maximum absolute atomic E-state index is 11.4. The van der Waals surface area contributed by atoms with E-state index in [9.17, 15) is 14.9 Å². The van der Waals surface area contributed by atoms with Gasteiger partial charge in [0.05, 0.1) is 0 Å². The second-order valence-corrected chi connectivity index (χ2v) is 4.50. The van der Waals surface area contributed by atoms with Crippen LogP contribution in [0.4, 0.5) is 0 Å². The van der Waals surface area contributed by atoms with Gasteiger partial charge in [0.2, 0.25) is 6.04 Å². The van der Waals surface area contributed by atoms with E-state index in [1.54, 1.807) is 0 Å². The molecule has 8 nitrogen and oxygen atoms in total. The van der Waals surface area contributed by atoms with Crippen LogP contribution in [0.3, 0.4) is 0 Å². The molecule has 0 amide bonds. The van der Waals surface area contributed by atoms with Crippen LogP contribution >= 0.6 is 0 Å². The second kappa shape index (κ2) is 4.71. The molecule has 1 fully saturated rings. The molecule has 2 unspecified atom stereocenters. The van der Waals surface area contributed by atoms with Crippen molar-refractivity contribution in [2.45, 2.75) is 38.8 Å². The number of hydrogen-bond acceptors (Lipinski definition) is 7. The first-order valence-electron chi connectivity index (χ1n) is 5.61. The lowest BCUT2D eigenvalue weighted by molar-refractivity contribution is -0.497. The third kappa shape index (κ3) is 2.63. The van der Waals surface area contributed by atoms with Gasteiger partial charge >= 0.3 is 5.97 Å². The van der Waals surface area contributed by atoms with Gasteiger partial charge in [0.25, 0.3) is 5.89 Å². The predicted octanol–water partition coefficient (Wildman–Crippen LogP) is 0.901. The highest BCUT2D eigenvalue weighted by molar-refractivity contribution is 5.76. The quantitative estimate of drug-likeness (QED) is 0.436. The van der Waals surface area contributed by atoms with Crippen molar-refractivity contribution in [3.63, 3.8) is 0 Å². The zero-order valence-corrected chi connectivity index (χ0v) is 10.0. The Morgan fingerprint density at radius 2 is 2.39 bits per heavy atom. The molecule has 0 bridgehead atoms. The highest BCUT2D eigenvalue weighted by Crippen LogP contribution is 2.34. The van der Waals surface area contributed by atoms with Gasteiger partial charge in [0.15, 0.2) is 12.4 Å². The lowest BCUT2D eigenvalue weighted by Crippen LogP contribution is -2.13. The Kier molecular flexibility index (Phi) is 3.26. The number of esters is 1. The summed E-state index contributed by atoms with van der Waals surface area (Å²) in [7, 11) is 0. The molecule has 0 aliphatic heterocycles. The molecule has 98 valence electrons. The molecular formula is C10H13N3O5. The number of carbonyl (C=O) groups excluding carboxylic acids is 1. The lowest BCUT2D eigenvalue weighted by Gasteiger charge is -1.98. The summed E-state index contributed by atoms with van der Waals surface area (Å²) in [5, 5.41) is 14.1. The highest BCUT2D eigenvalue weighted by Gasteiger charge is 2.54. The van der Waals surface area contributed by atoms with Crippen LogP contribution < -0.4 is 0 Å². The van der Waals surface area contributed by atoms with Gasteiger partial charge in [-0.1, -0.05) is 19.0 Å². The summed E-state index contributed by atoms with van der Waals surface area (Å²) < 4.78 is 9.76. The van der Waals surface area contributed by atoms with Crippen LogP contribution in [0.1, 0.15) is 37.9 Å². The fraction of sp³-hybridized carbons (Fsp3) is 0.700. The SMILES string of the molecule is CC(C)c1noc(COC(=O)C2CC2[N+](=O)[O-])n1. The van der Waals surface area contributed by atoms with Crippen LogP contribution in [0.5, 0.6) is 0 Å². The summed E-state index contributed by atoms with van der Waals surface area (Å²) in [6, 6.07) is -0.800. The van der Waals surface area contributed by atoms with Crippen molar-refractivity contribution in [3.05, 3.63) is 21.8 Å². The number of nitrogens with zero attached hydrogens (tertiary/aromatic N) is 3. The smallest absolute Gasteiger partial charge is 0.316 e. The largest absolute Gasteiger partial charge is 0.455 e. The van der Waals surface area contributed by atoms with Crippen LogP contribution in [0.15, 0.2) is 4.52 Å². The van der Waals surface area contributed by atoms with Gasteiger partial charge in [-0.3, -0.25) is 14.9 Å². The molecule has 0 N–H and O–H groups in total. The minimum Gasteiger partial charge on any atom is -0.455 e. The lowest BCUT2D eigenvalue weighted by atomic mass is 10.2. The maximum atomic E-state index is 11.4. The average Bonchev–Trinajstić information content (AvgIpc) is 2.97. The van der Waals surface area contributed by atoms with E-state index in [2.05, 4.69) is 10.1 Å². The zero-order chi connectivity index (χ0) is 13.3. The van der Waals surface area contributed by atoms with Crippen LogP contribution in [-0.4, -0.2) is 27.1 Å². The minimum atomic E-state index is -0.800. The van der Waals surface area contributed by atoms with Gasteiger partial charge in [-0.25, -0.2) is 0 Å². The van der Waals surface area contributed by atoms with Gasteiger partial charge in [0.1, 0.15) is 5.92 Å². The number of ether oxygens (including phenoxy) is 1. The summed E-state index contributed by atoms with van der Waals surface area (Å²) in [5.41, 5.74) is 0. The third-order valence-electron chi connectivity index (χ3n) is 2.67. The molecule has 1 heterocycles. The first-order chi connectivity index (χ1) is 8.49. The molecule has 0 aromatic carbocycles. The Hall–Kier alpha value is -1.99. The molecule has 1 aromatic rings. The number of hydrogen-bond donors (Lipinski definition) is 0. The molecule has 1 aromatic heterocycles. The van der Waals surface area contributed by atoms with Crippen LogP contribution in [0.2, 0.25) is 0 Å². The molecule has 0 radical (unpaired) electrons. The number of aromatic nitrogens is 2. The molecular weight excluding hydrogens is 242 g/mol. The van der Waals surface area contributed by atoms with Crippen molar-refractivity contribution >= 4 is 5.97 Å². The molecule has 2 atom stereocenters. The van der Waals surface area contributed by atoms with Gasteiger partial charge in [-0.15, -0.1) is 0 Å². The zero-order valence-electron chi connectivity index (χ0n) is 10.0. The standard InChI is InChI=1S/C10H13N3O5/c1-5(2)9-11-8(18-12-9)4-17-10(14)6-3-7(6)13(15)16/h5-7H,3-4H2,1-2H3. The van der Waals surface area contributed by atoms with Crippen molar-refractivity contribution in [2.75, 3.05) is 0 Å². The van der Waals surface area contributed by atoms with Crippen LogP contribution in [0.25, 0.3) is 0 Å². The summed E-state index contributed by atoms with van der Waals surface area (Å²) in [6.07, 6.45) is 0.243. The topological polar surface area (TPSA) is 108 Å². The highest BCUT2D eigenvalue weighted by atomic mass is 16.6. The molecule has 0 saturated heterocycles. The summed E-state index contributed by atoms with van der Waals surface area (Å²) in [4.78, 5) is 25.4. The fourth-order valence-electron chi connectivity index (χ4n) is 1.47. The number of nitro groups is 1. The van der Waals surface area contributed by atoms with E-state index < -0.39 is 22.9 Å². The second-order valence-electron chi connectivity index (χ2n) is 4.50. The molecule has 1 aliphatic rings. The Balaban J connectivity index is 1.81. The molecule has 18 heavy (non-hydrogen) atoms. The van der Waals surface area contributed by atoms with E-state index in [0.717, 1.165) is 0 Å². The van der Waals surface area contributed by atoms with E-state index in [0.29, 0.717) is 5.82 Å². The number of carbonyl (C=O) groups is 1. The molecule has 8 heteroatoms. The Morgan fingerprint density at radius 1 is 1.67 bits per heavy atom. The summed E-state index contributed by atoms with van der Waals surface area (Å²) in [5.74, 6) is -0.352. The minimum absolute atomic E-state index is 0.125. The van der Waals surface area contributed by atoms with Crippen molar-refractivity contribution in [1.29, 1.82) is 0 Å². The summed E-state index contributed by atoms with van der Waals surface area (Å²) >= 11 is 0. The monoisotopic (exact) mass is 255 g/mol. The Labute approximate surface area is 102 Å². The van der Waals surface area contributed by atoms with Crippen molar-refractivity contribution in [2.24, 2.45) is 5.92 Å². The van der Waals surface area contributed by atoms with Crippen molar-refractivity contribution < 1.29 is 19.0 Å². The molecule has 0 spiro atoms. The van der Waals surface area contributed by atoms with E-state index in [-0.39, 0.29) is 24.8 Å². The normalized spacial score (nSPS) is 21.9. The van der Waals surface area contributed by atoms with E-state index in [4.69, 9.17) is 9.26 Å². The van der Waals surface area contributed by atoms with Crippen LogP contribution in [0, 0.1) is 16.0 Å². The van der Waals surface area contributed by atoms with Gasteiger partial charge < -0.3 is 9.26 Å². The van der Waals surface area contributed by atoms with Gasteiger partial charge in [-0.05, 0) is 0 Å². The fourth-order valence-corrected chi connectivity index (χ4v) is 1.47. The van der Waals surface area contributed by atoms with E-state index >= 15 is 0 Å².